The smallest absolute Gasteiger partial charge is 0.236 e. The van der Waals surface area contributed by atoms with Gasteiger partial charge in [0.2, 0.25) is 5.91 Å². The maximum atomic E-state index is 12.0. The van der Waals surface area contributed by atoms with Crippen LogP contribution in [-0.2, 0) is 4.79 Å². The number of nitrogens with one attached hydrogen (secondary N) is 2. The van der Waals surface area contributed by atoms with E-state index in [-0.39, 0.29) is 11.9 Å². The van der Waals surface area contributed by atoms with Crippen LogP contribution in [0.25, 0.3) is 0 Å². The monoisotopic (exact) mass is 297 g/mol. The van der Waals surface area contributed by atoms with Gasteiger partial charge in [-0.2, -0.15) is 0 Å². The first-order valence-electron chi connectivity index (χ1n) is 8.70. The molecule has 2 unspecified atom stereocenters. The van der Waals surface area contributed by atoms with Gasteiger partial charge in [-0.05, 0) is 64.6 Å². The van der Waals surface area contributed by atoms with Gasteiger partial charge in [-0.15, -0.1) is 0 Å². The van der Waals surface area contributed by atoms with Crippen molar-refractivity contribution in [3.8, 4) is 0 Å². The molecule has 1 heterocycles. The minimum Gasteiger partial charge on any atom is -0.354 e. The largest absolute Gasteiger partial charge is 0.354 e. The van der Waals surface area contributed by atoms with Crippen LogP contribution in [-0.4, -0.2) is 49.1 Å². The number of rotatable bonds is 8. The third-order valence-electron chi connectivity index (χ3n) is 4.47. The Morgan fingerprint density at radius 1 is 1.19 bits per heavy atom. The fourth-order valence-corrected chi connectivity index (χ4v) is 3.06. The van der Waals surface area contributed by atoms with E-state index < -0.39 is 0 Å². The molecule has 0 bridgehead atoms. The Kier molecular flexibility index (Phi) is 8.27. The summed E-state index contributed by atoms with van der Waals surface area (Å²) >= 11 is 0. The van der Waals surface area contributed by atoms with E-state index >= 15 is 0 Å². The van der Waals surface area contributed by atoms with Crippen LogP contribution < -0.4 is 10.6 Å². The van der Waals surface area contributed by atoms with Crippen LogP contribution in [0.1, 0.15) is 53.9 Å². The predicted octanol–water partition coefficient (Wildman–Crippen LogP) is 2.25. The van der Waals surface area contributed by atoms with E-state index in [0.717, 1.165) is 6.54 Å². The molecular weight excluding hydrogens is 262 g/mol. The van der Waals surface area contributed by atoms with E-state index in [1.165, 1.54) is 38.9 Å². The zero-order valence-corrected chi connectivity index (χ0v) is 14.6. The van der Waals surface area contributed by atoms with Crippen molar-refractivity contribution in [2.45, 2.75) is 66.0 Å². The van der Waals surface area contributed by atoms with Crippen LogP contribution in [0.15, 0.2) is 0 Å². The van der Waals surface area contributed by atoms with Gasteiger partial charge in [0.1, 0.15) is 0 Å². The Morgan fingerprint density at radius 3 is 2.33 bits per heavy atom. The molecule has 1 rings (SSSR count). The van der Waals surface area contributed by atoms with Gasteiger partial charge in [-0.25, -0.2) is 0 Å². The molecule has 4 heteroatoms. The third-order valence-corrected chi connectivity index (χ3v) is 4.47. The fraction of sp³-hybridized carbons (Fsp3) is 0.941. The molecule has 0 aromatic rings. The van der Waals surface area contributed by atoms with Crippen molar-refractivity contribution in [2.24, 2.45) is 11.8 Å². The second-order valence-corrected chi connectivity index (χ2v) is 7.00. The van der Waals surface area contributed by atoms with E-state index in [9.17, 15) is 4.79 Å². The molecule has 0 radical (unpaired) electrons. The first-order chi connectivity index (χ1) is 9.93. The van der Waals surface area contributed by atoms with Gasteiger partial charge >= 0.3 is 0 Å². The van der Waals surface area contributed by atoms with Crippen LogP contribution in [0.3, 0.4) is 0 Å². The van der Waals surface area contributed by atoms with Crippen molar-refractivity contribution in [1.82, 2.24) is 15.5 Å². The first kappa shape index (κ1) is 18.4. The molecule has 0 aromatic heterocycles. The van der Waals surface area contributed by atoms with E-state index in [1.54, 1.807) is 0 Å². The highest BCUT2D eigenvalue weighted by atomic mass is 16.2. The van der Waals surface area contributed by atoms with E-state index in [0.29, 0.717) is 17.9 Å². The Balaban J connectivity index is 2.29. The molecule has 1 saturated heterocycles. The van der Waals surface area contributed by atoms with Crippen molar-refractivity contribution in [3.63, 3.8) is 0 Å². The summed E-state index contributed by atoms with van der Waals surface area (Å²) in [5.74, 6) is 1.32. The van der Waals surface area contributed by atoms with Crippen molar-refractivity contribution in [2.75, 3.05) is 26.2 Å². The number of amides is 1. The molecule has 2 atom stereocenters. The fourth-order valence-electron chi connectivity index (χ4n) is 3.06. The molecule has 1 aliphatic heterocycles. The summed E-state index contributed by atoms with van der Waals surface area (Å²) in [4.78, 5) is 14.6. The lowest BCUT2D eigenvalue weighted by Gasteiger charge is -2.36. The quantitative estimate of drug-likeness (QED) is 0.722. The number of hydrogen-bond donors (Lipinski definition) is 2. The van der Waals surface area contributed by atoms with Gasteiger partial charge in [0.15, 0.2) is 0 Å². The van der Waals surface area contributed by atoms with Crippen LogP contribution in [0.5, 0.6) is 0 Å². The molecule has 124 valence electrons. The summed E-state index contributed by atoms with van der Waals surface area (Å²) < 4.78 is 0. The van der Waals surface area contributed by atoms with Crippen LogP contribution in [0, 0.1) is 11.8 Å². The molecule has 2 N–H and O–H groups in total. The second-order valence-electron chi connectivity index (χ2n) is 7.00. The highest BCUT2D eigenvalue weighted by Crippen LogP contribution is 2.21. The van der Waals surface area contributed by atoms with E-state index in [1.807, 2.05) is 6.92 Å². The normalized spacial score (nSPS) is 20.5. The second kappa shape index (κ2) is 9.42. The van der Waals surface area contributed by atoms with Crippen molar-refractivity contribution >= 4 is 5.91 Å². The lowest BCUT2D eigenvalue weighted by molar-refractivity contribution is -0.123. The van der Waals surface area contributed by atoms with Gasteiger partial charge < -0.3 is 15.5 Å². The zero-order chi connectivity index (χ0) is 15.8. The summed E-state index contributed by atoms with van der Waals surface area (Å²) in [6.07, 6.45) is 3.73. The molecule has 0 spiro atoms. The third kappa shape index (κ3) is 6.79. The van der Waals surface area contributed by atoms with E-state index in [2.05, 4.69) is 43.2 Å². The lowest BCUT2D eigenvalue weighted by Crippen LogP contribution is -2.50. The van der Waals surface area contributed by atoms with Crippen LogP contribution >= 0.6 is 0 Å². The molecule has 0 aromatic carbocycles. The minimum atomic E-state index is -0.104. The molecule has 1 aliphatic rings. The van der Waals surface area contributed by atoms with Crippen LogP contribution in [0.4, 0.5) is 0 Å². The topological polar surface area (TPSA) is 44.4 Å². The summed E-state index contributed by atoms with van der Waals surface area (Å²) in [6, 6.07) is 0.306. The van der Waals surface area contributed by atoms with Crippen molar-refractivity contribution in [1.29, 1.82) is 0 Å². The summed E-state index contributed by atoms with van der Waals surface area (Å²) in [5, 5.41) is 6.49. The number of likely N-dealkylation sites (tertiary alicyclic amines) is 1. The maximum absolute atomic E-state index is 12.0. The highest BCUT2D eigenvalue weighted by molar-refractivity contribution is 5.81. The highest BCUT2D eigenvalue weighted by Gasteiger charge is 2.25. The average Bonchev–Trinajstić information content (AvgIpc) is 2.45. The van der Waals surface area contributed by atoms with Crippen LogP contribution in [0.2, 0.25) is 0 Å². The Hall–Kier alpha value is -0.610. The van der Waals surface area contributed by atoms with E-state index in [4.69, 9.17) is 0 Å². The van der Waals surface area contributed by atoms with Crippen molar-refractivity contribution < 1.29 is 4.79 Å². The maximum Gasteiger partial charge on any atom is 0.236 e. The molecule has 21 heavy (non-hydrogen) atoms. The molecule has 0 aliphatic carbocycles. The lowest BCUT2D eigenvalue weighted by atomic mass is 9.90. The molecule has 4 nitrogen and oxygen atoms in total. The summed E-state index contributed by atoms with van der Waals surface area (Å²) in [7, 11) is 0. The molecule has 1 fully saturated rings. The standard InChI is InChI=1S/C17H35N3O/c1-6-9-20-10-7-16(8-11-20)14(4)19-15(5)17(21)18-12-13(2)3/h13-16,19H,6-12H2,1-5H3,(H,18,21). The zero-order valence-electron chi connectivity index (χ0n) is 14.6. The Labute approximate surface area is 131 Å². The number of hydrogen-bond acceptors (Lipinski definition) is 3. The molecule has 1 amide bonds. The SMILES string of the molecule is CCCN1CCC(C(C)NC(C)C(=O)NCC(C)C)CC1. The average molecular weight is 297 g/mol. The van der Waals surface area contributed by atoms with Gasteiger partial charge in [0, 0.05) is 12.6 Å². The number of piperidine rings is 1. The summed E-state index contributed by atoms with van der Waals surface area (Å²) in [6.45, 7) is 15.1. The summed E-state index contributed by atoms with van der Waals surface area (Å²) in [5.41, 5.74) is 0. The van der Waals surface area contributed by atoms with Crippen molar-refractivity contribution in [3.05, 3.63) is 0 Å². The van der Waals surface area contributed by atoms with Gasteiger partial charge in [-0.3, -0.25) is 4.79 Å². The molecule has 0 saturated carbocycles. The van der Waals surface area contributed by atoms with Gasteiger partial charge in [0.25, 0.3) is 0 Å². The number of nitrogens with zero attached hydrogens (tertiary/aromatic N) is 1. The minimum absolute atomic E-state index is 0.104. The van der Waals surface area contributed by atoms with Gasteiger partial charge in [-0.1, -0.05) is 20.8 Å². The van der Waals surface area contributed by atoms with Gasteiger partial charge in [0.05, 0.1) is 6.04 Å². The Bertz CT molecular complexity index is 298. The number of carbonyl (C=O) groups is 1. The number of carbonyl (C=O) groups excluding carboxylic acids is 1. The first-order valence-corrected chi connectivity index (χ1v) is 8.70. The molecular formula is C17H35N3O. The predicted molar refractivity (Wildman–Crippen MR) is 89.4 cm³/mol. The Morgan fingerprint density at radius 2 is 1.81 bits per heavy atom.